The summed E-state index contributed by atoms with van der Waals surface area (Å²) in [6.45, 7) is 5.59. The summed E-state index contributed by atoms with van der Waals surface area (Å²) >= 11 is 1.10. The third-order valence-electron chi connectivity index (χ3n) is 0.997. The van der Waals surface area contributed by atoms with E-state index in [0.717, 1.165) is 12.0 Å². The first-order valence-electron chi connectivity index (χ1n) is 4.08. The molecule has 13 heavy (non-hydrogen) atoms. The summed E-state index contributed by atoms with van der Waals surface area (Å²) in [6, 6.07) is 0. The molecule has 5 heteroatoms. The molecule has 80 valence electrons. The zero-order valence-electron chi connectivity index (χ0n) is 8.07. The molecule has 0 rings (SSSR count). The Balaban J connectivity index is 3.28. The molecule has 0 aliphatic rings. The Morgan fingerprint density at radius 1 is 1.15 bits per heavy atom. The van der Waals surface area contributed by atoms with Gasteiger partial charge in [0.15, 0.2) is 0 Å². The molecule has 0 radical (unpaired) electrons. The van der Waals surface area contributed by atoms with Crippen molar-refractivity contribution in [1.29, 1.82) is 0 Å². The second-order valence-electron chi connectivity index (χ2n) is 3.74. The van der Waals surface area contributed by atoms with Gasteiger partial charge in [-0.3, -0.25) is 0 Å². The molecule has 0 bridgehead atoms. The van der Waals surface area contributed by atoms with Crippen molar-refractivity contribution in [2.75, 3.05) is 5.75 Å². The lowest BCUT2D eigenvalue weighted by Gasteiger charge is -2.17. The lowest BCUT2D eigenvalue weighted by molar-refractivity contribution is -0.134. The molecule has 0 amide bonds. The topological polar surface area (TPSA) is 9.23 Å². The van der Waals surface area contributed by atoms with Crippen LogP contribution in [0.4, 0.5) is 13.2 Å². The van der Waals surface area contributed by atoms with E-state index in [4.69, 9.17) is 4.18 Å². The van der Waals surface area contributed by atoms with Gasteiger partial charge in [-0.15, -0.1) is 0 Å². The van der Waals surface area contributed by atoms with Gasteiger partial charge in [-0.25, -0.2) is 0 Å². The highest BCUT2D eigenvalue weighted by Crippen LogP contribution is 2.24. The standard InChI is InChI=1S/C8H15F3OS/c1-7(2,3)12-13-6-4-5-8(9,10)11/h4-6H2,1-3H3. The summed E-state index contributed by atoms with van der Waals surface area (Å²) < 4.78 is 40.2. The lowest BCUT2D eigenvalue weighted by atomic mass is 10.2. The maximum Gasteiger partial charge on any atom is 0.389 e. The van der Waals surface area contributed by atoms with Crippen LogP contribution in [0.2, 0.25) is 0 Å². The molecular formula is C8H15F3OS. The fraction of sp³-hybridized carbons (Fsp3) is 1.00. The van der Waals surface area contributed by atoms with Crippen molar-refractivity contribution in [2.45, 2.75) is 45.4 Å². The highest BCUT2D eigenvalue weighted by Gasteiger charge is 2.26. The number of halogens is 3. The SMILES string of the molecule is CC(C)(C)OSCCCC(F)(F)F. The van der Waals surface area contributed by atoms with Crippen molar-refractivity contribution in [2.24, 2.45) is 0 Å². The minimum absolute atomic E-state index is 0.115. The molecule has 0 spiro atoms. The van der Waals surface area contributed by atoms with Crippen LogP contribution in [0, 0.1) is 0 Å². The van der Waals surface area contributed by atoms with E-state index in [9.17, 15) is 13.2 Å². The van der Waals surface area contributed by atoms with Crippen molar-refractivity contribution in [3.63, 3.8) is 0 Å². The Kier molecular flexibility index (Phi) is 5.14. The van der Waals surface area contributed by atoms with Crippen LogP contribution in [0.5, 0.6) is 0 Å². The third kappa shape index (κ3) is 12.1. The van der Waals surface area contributed by atoms with Gasteiger partial charge in [-0.05, 0) is 39.2 Å². The molecule has 0 saturated carbocycles. The van der Waals surface area contributed by atoms with Gasteiger partial charge in [0, 0.05) is 12.2 Å². The molecule has 0 aromatic rings. The van der Waals surface area contributed by atoms with E-state index >= 15 is 0 Å². The second kappa shape index (κ2) is 5.10. The Bertz CT molecular complexity index is 123. The smallest absolute Gasteiger partial charge is 0.310 e. The van der Waals surface area contributed by atoms with E-state index < -0.39 is 12.6 Å². The van der Waals surface area contributed by atoms with Crippen molar-refractivity contribution in [3.8, 4) is 0 Å². The molecule has 0 heterocycles. The Labute approximate surface area is 81.2 Å². The van der Waals surface area contributed by atoms with Crippen LogP contribution in [0.3, 0.4) is 0 Å². The summed E-state index contributed by atoms with van der Waals surface area (Å²) in [5.41, 5.74) is -0.289. The summed E-state index contributed by atoms with van der Waals surface area (Å²) in [4.78, 5) is 0. The van der Waals surface area contributed by atoms with Crippen LogP contribution in [0.15, 0.2) is 0 Å². The second-order valence-corrected chi connectivity index (χ2v) is 4.55. The Hall–Kier alpha value is 0.100. The first-order chi connectivity index (χ1) is 5.71. The fourth-order valence-corrected chi connectivity index (χ4v) is 1.25. The van der Waals surface area contributed by atoms with Crippen LogP contribution >= 0.6 is 12.0 Å². The van der Waals surface area contributed by atoms with Crippen LogP contribution in [0.1, 0.15) is 33.6 Å². The largest absolute Gasteiger partial charge is 0.389 e. The number of rotatable bonds is 4. The average Bonchev–Trinajstić information content (AvgIpc) is 1.81. The first-order valence-corrected chi connectivity index (χ1v) is 4.99. The van der Waals surface area contributed by atoms with Crippen LogP contribution in [-0.4, -0.2) is 17.5 Å². The predicted octanol–water partition coefficient (Wildman–Crippen LogP) is 3.79. The molecule has 0 aromatic carbocycles. The first kappa shape index (κ1) is 13.1. The van der Waals surface area contributed by atoms with Crippen molar-refractivity contribution in [3.05, 3.63) is 0 Å². The molecule has 0 N–H and O–H groups in total. The molecule has 0 aliphatic heterocycles. The molecule has 0 fully saturated rings. The van der Waals surface area contributed by atoms with E-state index in [-0.39, 0.29) is 12.0 Å². The van der Waals surface area contributed by atoms with Crippen LogP contribution in [0.25, 0.3) is 0 Å². The zero-order valence-corrected chi connectivity index (χ0v) is 8.89. The highest BCUT2D eigenvalue weighted by molar-refractivity contribution is 7.94. The van der Waals surface area contributed by atoms with E-state index in [2.05, 4.69) is 0 Å². The minimum Gasteiger partial charge on any atom is -0.310 e. The van der Waals surface area contributed by atoms with E-state index in [0.29, 0.717) is 5.75 Å². The minimum atomic E-state index is -4.04. The van der Waals surface area contributed by atoms with Gasteiger partial charge in [0.2, 0.25) is 0 Å². The van der Waals surface area contributed by atoms with Crippen molar-refractivity contribution in [1.82, 2.24) is 0 Å². The van der Waals surface area contributed by atoms with Crippen molar-refractivity contribution < 1.29 is 17.4 Å². The van der Waals surface area contributed by atoms with E-state index in [1.165, 1.54) is 0 Å². The zero-order chi connectivity index (χ0) is 10.5. The molecule has 0 saturated heterocycles. The van der Waals surface area contributed by atoms with Gasteiger partial charge in [-0.2, -0.15) is 13.2 Å². The van der Waals surface area contributed by atoms with Crippen LogP contribution < -0.4 is 0 Å². The van der Waals surface area contributed by atoms with Gasteiger partial charge in [-0.1, -0.05) is 0 Å². The molecule has 0 unspecified atom stereocenters. The lowest BCUT2D eigenvalue weighted by Crippen LogP contribution is -2.15. The highest BCUT2D eigenvalue weighted by atomic mass is 32.2. The Morgan fingerprint density at radius 2 is 1.69 bits per heavy atom. The predicted molar refractivity (Wildman–Crippen MR) is 48.6 cm³/mol. The maximum atomic E-state index is 11.7. The third-order valence-corrected chi connectivity index (χ3v) is 2.07. The normalized spacial score (nSPS) is 13.4. The summed E-state index contributed by atoms with van der Waals surface area (Å²) in [5.74, 6) is 0.386. The fourth-order valence-electron chi connectivity index (χ4n) is 0.550. The number of hydrogen-bond acceptors (Lipinski definition) is 2. The Morgan fingerprint density at radius 3 is 2.08 bits per heavy atom. The van der Waals surface area contributed by atoms with E-state index in [1.807, 2.05) is 20.8 Å². The van der Waals surface area contributed by atoms with Gasteiger partial charge in [0.05, 0.1) is 5.60 Å². The van der Waals surface area contributed by atoms with E-state index in [1.54, 1.807) is 0 Å². The van der Waals surface area contributed by atoms with Gasteiger partial charge < -0.3 is 4.18 Å². The monoisotopic (exact) mass is 216 g/mol. The maximum absolute atomic E-state index is 11.7. The number of alkyl halides is 3. The average molecular weight is 216 g/mol. The molecule has 0 aromatic heterocycles. The van der Waals surface area contributed by atoms with Gasteiger partial charge in [0.1, 0.15) is 0 Å². The summed E-state index contributed by atoms with van der Waals surface area (Å²) in [6.07, 6.45) is -4.65. The molecular weight excluding hydrogens is 201 g/mol. The summed E-state index contributed by atoms with van der Waals surface area (Å²) in [7, 11) is 0. The van der Waals surface area contributed by atoms with Crippen molar-refractivity contribution >= 4 is 12.0 Å². The van der Waals surface area contributed by atoms with Crippen LogP contribution in [-0.2, 0) is 4.18 Å². The quantitative estimate of drug-likeness (QED) is 0.522. The molecule has 0 aliphatic carbocycles. The molecule has 1 nitrogen and oxygen atoms in total. The molecule has 0 atom stereocenters. The van der Waals surface area contributed by atoms with Gasteiger partial charge >= 0.3 is 6.18 Å². The number of hydrogen-bond donors (Lipinski definition) is 0. The van der Waals surface area contributed by atoms with Gasteiger partial charge in [0.25, 0.3) is 0 Å². The summed E-state index contributed by atoms with van der Waals surface area (Å²) in [5, 5.41) is 0.